The van der Waals surface area contributed by atoms with Crippen molar-refractivity contribution >= 4 is 5.91 Å². The molecule has 0 aromatic carbocycles. The minimum atomic E-state index is -0.0630. The van der Waals surface area contributed by atoms with Crippen LogP contribution in [0.15, 0.2) is 18.0 Å². The van der Waals surface area contributed by atoms with Gasteiger partial charge in [0.2, 0.25) is 0 Å². The monoisotopic (exact) mass is 259 g/mol. The molecule has 0 bridgehead atoms. The molecule has 1 heterocycles. The molecule has 102 valence electrons. The van der Waals surface area contributed by atoms with Crippen LogP contribution in [-0.2, 0) is 0 Å². The minimum absolute atomic E-state index is 0.0630. The molecule has 0 radical (unpaired) electrons. The van der Waals surface area contributed by atoms with Crippen molar-refractivity contribution in [2.75, 3.05) is 6.54 Å². The Kier molecular flexibility index (Phi) is 4.66. The molecule has 0 atom stereocenters. The lowest BCUT2D eigenvalue weighted by Crippen LogP contribution is -2.27. The minimum Gasteiger partial charge on any atom is -0.352 e. The van der Waals surface area contributed by atoms with Gasteiger partial charge < -0.3 is 5.32 Å². The smallest absolute Gasteiger partial charge is 0.254 e. The van der Waals surface area contributed by atoms with E-state index >= 15 is 0 Å². The molecule has 0 spiro atoms. The van der Waals surface area contributed by atoms with Crippen LogP contribution in [0.5, 0.6) is 0 Å². The van der Waals surface area contributed by atoms with E-state index in [9.17, 15) is 4.79 Å². The Morgan fingerprint density at radius 2 is 2.00 bits per heavy atom. The van der Waals surface area contributed by atoms with Gasteiger partial charge in [0.1, 0.15) is 6.33 Å². The summed E-state index contributed by atoms with van der Waals surface area (Å²) in [6.45, 7) is 4.37. The molecule has 0 unspecified atom stereocenters. The number of rotatable bonds is 4. The van der Waals surface area contributed by atoms with Gasteiger partial charge in [-0.05, 0) is 46.0 Å². The van der Waals surface area contributed by atoms with E-state index in [0.717, 1.165) is 17.8 Å². The third kappa shape index (κ3) is 3.63. The molecular weight excluding hydrogens is 238 g/mol. The Balaban J connectivity index is 1.89. The Labute approximate surface area is 114 Å². The summed E-state index contributed by atoms with van der Waals surface area (Å²) in [6.07, 6.45) is 9.72. The predicted molar refractivity (Wildman–Crippen MR) is 75.0 cm³/mol. The van der Waals surface area contributed by atoms with Crippen LogP contribution in [0.25, 0.3) is 0 Å². The summed E-state index contributed by atoms with van der Waals surface area (Å²) in [6, 6.07) is 0. The molecule has 0 aliphatic heterocycles. The quantitative estimate of drug-likeness (QED) is 0.846. The Morgan fingerprint density at radius 3 is 2.63 bits per heavy atom. The highest BCUT2D eigenvalue weighted by Gasteiger charge is 2.13. The fourth-order valence-corrected chi connectivity index (χ4v) is 2.48. The van der Waals surface area contributed by atoms with Crippen molar-refractivity contribution in [2.24, 2.45) is 0 Å². The van der Waals surface area contributed by atoms with E-state index in [0.29, 0.717) is 12.1 Å². The maximum atomic E-state index is 12.1. The van der Waals surface area contributed by atoms with Crippen LogP contribution in [0.1, 0.15) is 53.8 Å². The molecule has 1 aliphatic rings. The topological polar surface area (TPSA) is 54.9 Å². The first kappa shape index (κ1) is 13.7. The van der Waals surface area contributed by atoms with E-state index < -0.39 is 0 Å². The molecule has 1 aromatic rings. The van der Waals surface area contributed by atoms with Gasteiger partial charge in [-0.25, -0.2) is 9.97 Å². The third-order valence-corrected chi connectivity index (χ3v) is 3.57. The molecule has 1 aromatic heterocycles. The van der Waals surface area contributed by atoms with Gasteiger partial charge in [-0.1, -0.05) is 11.6 Å². The van der Waals surface area contributed by atoms with Crippen LogP contribution in [0.2, 0.25) is 0 Å². The van der Waals surface area contributed by atoms with Crippen molar-refractivity contribution in [2.45, 2.75) is 46.0 Å². The number of aryl methyl sites for hydroxylation is 2. The van der Waals surface area contributed by atoms with Gasteiger partial charge in [0.05, 0.1) is 17.0 Å². The van der Waals surface area contributed by atoms with E-state index in [1.165, 1.54) is 37.6 Å². The second-order valence-electron chi connectivity index (χ2n) is 5.03. The SMILES string of the molecule is Cc1ncnc(C)c1C(=O)NCCC1=CCCCC1. The van der Waals surface area contributed by atoms with E-state index in [-0.39, 0.29) is 5.91 Å². The number of hydrogen-bond donors (Lipinski definition) is 1. The second kappa shape index (κ2) is 6.45. The van der Waals surface area contributed by atoms with Crippen LogP contribution < -0.4 is 5.32 Å². The van der Waals surface area contributed by atoms with Gasteiger partial charge in [-0.2, -0.15) is 0 Å². The van der Waals surface area contributed by atoms with Crippen molar-refractivity contribution in [3.8, 4) is 0 Å². The lowest BCUT2D eigenvalue weighted by molar-refractivity contribution is 0.0952. The highest BCUT2D eigenvalue weighted by molar-refractivity contribution is 5.96. The van der Waals surface area contributed by atoms with Gasteiger partial charge in [0, 0.05) is 6.54 Å². The lowest BCUT2D eigenvalue weighted by atomic mass is 9.97. The van der Waals surface area contributed by atoms with Crippen molar-refractivity contribution in [1.29, 1.82) is 0 Å². The number of amides is 1. The standard InChI is InChI=1S/C15H21N3O/c1-11-14(12(2)18-10-17-11)15(19)16-9-8-13-6-4-3-5-7-13/h6,10H,3-5,7-9H2,1-2H3,(H,16,19). The molecule has 4 heteroatoms. The molecule has 1 amide bonds. The Bertz CT molecular complexity index is 474. The maximum Gasteiger partial charge on any atom is 0.254 e. The zero-order valence-electron chi connectivity index (χ0n) is 11.7. The number of aromatic nitrogens is 2. The van der Waals surface area contributed by atoms with Crippen LogP contribution in [-0.4, -0.2) is 22.4 Å². The summed E-state index contributed by atoms with van der Waals surface area (Å²) < 4.78 is 0. The number of carbonyl (C=O) groups excluding carboxylic acids is 1. The van der Waals surface area contributed by atoms with Crippen molar-refractivity contribution in [1.82, 2.24) is 15.3 Å². The molecule has 4 nitrogen and oxygen atoms in total. The van der Waals surface area contributed by atoms with Gasteiger partial charge in [0.25, 0.3) is 5.91 Å². The average molecular weight is 259 g/mol. The van der Waals surface area contributed by atoms with E-state index in [2.05, 4.69) is 21.4 Å². The van der Waals surface area contributed by atoms with Crippen molar-refractivity contribution in [3.63, 3.8) is 0 Å². The maximum absolute atomic E-state index is 12.1. The number of nitrogens with one attached hydrogen (secondary N) is 1. The van der Waals surface area contributed by atoms with Gasteiger partial charge in [-0.3, -0.25) is 4.79 Å². The zero-order chi connectivity index (χ0) is 13.7. The first-order chi connectivity index (χ1) is 9.18. The summed E-state index contributed by atoms with van der Waals surface area (Å²) in [5.41, 5.74) is 3.56. The highest BCUT2D eigenvalue weighted by atomic mass is 16.1. The predicted octanol–water partition coefficient (Wildman–Crippen LogP) is 2.71. The fourth-order valence-electron chi connectivity index (χ4n) is 2.48. The molecular formula is C15H21N3O. The molecule has 0 saturated carbocycles. The zero-order valence-corrected chi connectivity index (χ0v) is 11.7. The normalized spacial score (nSPS) is 14.9. The Hall–Kier alpha value is -1.71. The molecule has 1 aliphatic carbocycles. The van der Waals surface area contributed by atoms with E-state index in [1.54, 1.807) is 0 Å². The lowest BCUT2D eigenvalue weighted by Gasteiger charge is -2.13. The molecule has 1 N–H and O–H groups in total. The summed E-state index contributed by atoms with van der Waals surface area (Å²) in [4.78, 5) is 20.3. The van der Waals surface area contributed by atoms with Crippen LogP contribution in [0.4, 0.5) is 0 Å². The fraction of sp³-hybridized carbons (Fsp3) is 0.533. The van der Waals surface area contributed by atoms with Crippen LogP contribution in [0, 0.1) is 13.8 Å². The Morgan fingerprint density at radius 1 is 1.26 bits per heavy atom. The average Bonchev–Trinajstić information content (AvgIpc) is 2.40. The van der Waals surface area contributed by atoms with Gasteiger partial charge in [-0.15, -0.1) is 0 Å². The summed E-state index contributed by atoms with van der Waals surface area (Å²) >= 11 is 0. The largest absolute Gasteiger partial charge is 0.352 e. The molecule has 0 fully saturated rings. The summed E-state index contributed by atoms with van der Waals surface area (Å²) in [7, 11) is 0. The first-order valence-electron chi connectivity index (χ1n) is 6.93. The number of allylic oxidation sites excluding steroid dienone is 1. The molecule has 2 rings (SSSR count). The van der Waals surface area contributed by atoms with Crippen LogP contribution >= 0.6 is 0 Å². The van der Waals surface area contributed by atoms with E-state index in [1.807, 2.05) is 13.8 Å². The second-order valence-corrected chi connectivity index (χ2v) is 5.03. The number of nitrogens with zero attached hydrogens (tertiary/aromatic N) is 2. The third-order valence-electron chi connectivity index (χ3n) is 3.57. The van der Waals surface area contributed by atoms with Gasteiger partial charge in [0.15, 0.2) is 0 Å². The van der Waals surface area contributed by atoms with E-state index in [4.69, 9.17) is 0 Å². The molecule has 19 heavy (non-hydrogen) atoms. The summed E-state index contributed by atoms with van der Waals surface area (Å²) in [5.74, 6) is -0.0630. The number of carbonyl (C=O) groups is 1. The van der Waals surface area contributed by atoms with Crippen molar-refractivity contribution in [3.05, 3.63) is 34.9 Å². The van der Waals surface area contributed by atoms with Gasteiger partial charge >= 0.3 is 0 Å². The first-order valence-corrected chi connectivity index (χ1v) is 6.93. The summed E-state index contributed by atoms with van der Waals surface area (Å²) in [5, 5.41) is 2.97. The highest BCUT2D eigenvalue weighted by Crippen LogP contribution is 2.19. The number of hydrogen-bond acceptors (Lipinski definition) is 3. The molecule has 0 saturated heterocycles. The van der Waals surface area contributed by atoms with Crippen molar-refractivity contribution < 1.29 is 4.79 Å². The van der Waals surface area contributed by atoms with Crippen LogP contribution in [0.3, 0.4) is 0 Å².